The average Bonchev–Trinajstić information content (AvgIpc) is 2.42. The lowest BCUT2D eigenvalue weighted by Crippen LogP contribution is -2.21. The molecule has 2 rings (SSSR count). The molecule has 0 aliphatic carbocycles. The fourth-order valence-electron chi connectivity index (χ4n) is 2.21. The van der Waals surface area contributed by atoms with E-state index in [0.29, 0.717) is 28.1 Å². The van der Waals surface area contributed by atoms with Crippen LogP contribution in [-0.4, -0.2) is 7.05 Å². The van der Waals surface area contributed by atoms with Crippen LogP contribution in [0.15, 0.2) is 36.4 Å². The smallest absolute Gasteiger partial charge is 0.130 e. The minimum absolute atomic E-state index is 0.249. The summed E-state index contributed by atoms with van der Waals surface area (Å²) in [5.41, 5.74) is 1.64. The van der Waals surface area contributed by atoms with E-state index in [0.717, 1.165) is 0 Å². The summed E-state index contributed by atoms with van der Waals surface area (Å²) in [6, 6.07) is 9.50. The van der Waals surface area contributed by atoms with E-state index in [-0.39, 0.29) is 17.7 Å². The molecular formula is C16H16ClF2N. The third-order valence-corrected chi connectivity index (χ3v) is 3.62. The highest BCUT2D eigenvalue weighted by molar-refractivity contribution is 6.30. The van der Waals surface area contributed by atoms with Crippen LogP contribution in [0.25, 0.3) is 0 Å². The Balaban J connectivity index is 2.31. The van der Waals surface area contributed by atoms with Crippen molar-refractivity contribution in [1.29, 1.82) is 0 Å². The topological polar surface area (TPSA) is 12.0 Å². The Labute approximate surface area is 122 Å². The van der Waals surface area contributed by atoms with Crippen LogP contribution in [0.1, 0.15) is 22.7 Å². The number of nitrogens with one attached hydrogen (secondary N) is 1. The van der Waals surface area contributed by atoms with Crippen molar-refractivity contribution in [3.8, 4) is 0 Å². The maximum Gasteiger partial charge on any atom is 0.130 e. The SMILES string of the molecule is CNC(Cc1ccc(Cl)cc1F)c1cccc(C)c1F. The average molecular weight is 296 g/mol. The zero-order valence-electron chi connectivity index (χ0n) is 11.4. The van der Waals surface area contributed by atoms with Crippen LogP contribution >= 0.6 is 11.6 Å². The van der Waals surface area contributed by atoms with E-state index < -0.39 is 0 Å². The standard InChI is InChI=1S/C16H16ClF2N/c1-10-4-3-5-13(16(10)19)15(20-2)8-11-6-7-12(17)9-14(11)18/h3-7,9,15,20H,8H2,1-2H3. The molecule has 2 aromatic carbocycles. The molecule has 0 saturated carbocycles. The number of hydrogen-bond acceptors (Lipinski definition) is 1. The molecule has 1 N–H and O–H groups in total. The largest absolute Gasteiger partial charge is 0.313 e. The first-order valence-electron chi connectivity index (χ1n) is 6.39. The molecular weight excluding hydrogens is 280 g/mol. The van der Waals surface area contributed by atoms with Crippen molar-refractivity contribution in [3.05, 3.63) is 69.7 Å². The summed E-state index contributed by atoms with van der Waals surface area (Å²) in [6.45, 7) is 1.72. The predicted molar refractivity (Wildman–Crippen MR) is 78.1 cm³/mol. The minimum atomic E-state index is -0.370. The number of hydrogen-bond donors (Lipinski definition) is 1. The van der Waals surface area contributed by atoms with Gasteiger partial charge in [-0.15, -0.1) is 0 Å². The molecule has 1 atom stereocenters. The van der Waals surface area contributed by atoms with Gasteiger partial charge in [0.25, 0.3) is 0 Å². The third-order valence-electron chi connectivity index (χ3n) is 3.38. The highest BCUT2D eigenvalue weighted by Crippen LogP contribution is 2.25. The molecule has 1 nitrogen and oxygen atoms in total. The number of benzene rings is 2. The molecule has 0 amide bonds. The van der Waals surface area contributed by atoms with Crippen molar-refractivity contribution in [2.45, 2.75) is 19.4 Å². The van der Waals surface area contributed by atoms with Crippen molar-refractivity contribution in [2.75, 3.05) is 7.05 Å². The minimum Gasteiger partial charge on any atom is -0.313 e. The molecule has 0 spiro atoms. The van der Waals surface area contributed by atoms with Gasteiger partial charge in [0, 0.05) is 16.6 Å². The molecule has 106 valence electrons. The van der Waals surface area contributed by atoms with Gasteiger partial charge in [-0.3, -0.25) is 0 Å². The van der Waals surface area contributed by atoms with Crippen LogP contribution in [0.2, 0.25) is 5.02 Å². The highest BCUT2D eigenvalue weighted by atomic mass is 35.5. The Morgan fingerprint density at radius 1 is 1.20 bits per heavy atom. The van der Waals surface area contributed by atoms with Gasteiger partial charge in [0.2, 0.25) is 0 Å². The van der Waals surface area contributed by atoms with Crippen molar-refractivity contribution >= 4 is 11.6 Å². The Kier molecular flexibility index (Phi) is 4.73. The molecule has 0 radical (unpaired) electrons. The summed E-state index contributed by atoms with van der Waals surface area (Å²) < 4.78 is 28.0. The van der Waals surface area contributed by atoms with E-state index in [1.54, 1.807) is 44.3 Å². The molecule has 4 heteroatoms. The second-order valence-corrected chi connectivity index (χ2v) is 5.20. The number of aryl methyl sites for hydroxylation is 1. The van der Waals surface area contributed by atoms with E-state index >= 15 is 0 Å². The fraction of sp³-hybridized carbons (Fsp3) is 0.250. The normalized spacial score (nSPS) is 12.4. The monoisotopic (exact) mass is 295 g/mol. The van der Waals surface area contributed by atoms with Crippen LogP contribution in [-0.2, 0) is 6.42 Å². The van der Waals surface area contributed by atoms with E-state index in [1.807, 2.05) is 0 Å². The van der Waals surface area contributed by atoms with Crippen LogP contribution in [0.3, 0.4) is 0 Å². The maximum atomic E-state index is 14.2. The van der Waals surface area contributed by atoms with Crippen molar-refractivity contribution in [1.82, 2.24) is 5.32 Å². The van der Waals surface area contributed by atoms with Gasteiger partial charge in [0.1, 0.15) is 11.6 Å². The molecule has 2 aromatic rings. The summed E-state index contributed by atoms with van der Waals surface area (Å²) in [4.78, 5) is 0. The molecule has 1 unspecified atom stereocenters. The molecule has 0 fully saturated rings. The number of likely N-dealkylation sites (N-methyl/N-ethyl adjacent to an activating group) is 1. The van der Waals surface area contributed by atoms with E-state index in [9.17, 15) is 8.78 Å². The summed E-state index contributed by atoms with van der Waals surface area (Å²) in [6.07, 6.45) is 0.361. The first-order valence-corrected chi connectivity index (χ1v) is 6.77. The first kappa shape index (κ1) is 14.9. The Bertz CT molecular complexity index is 613. The lowest BCUT2D eigenvalue weighted by Gasteiger charge is -2.18. The van der Waals surface area contributed by atoms with Gasteiger partial charge in [0.05, 0.1) is 0 Å². The van der Waals surface area contributed by atoms with E-state index in [2.05, 4.69) is 5.32 Å². The maximum absolute atomic E-state index is 14.2. The molecule has 0 aliphatic rings. The highest BCUT2D eigenvalue weighted by Gasteiger charge is 2.17. The third kappa shape index (κ3) is 3.17. The van der Waals surface area contributed by atoms with Crippen LogP contribution in [0, 0.1) is 18.6 Å². The predicted octanol–water partition coefficient (Wildman–Crippen LogP) is 4.43. The van der Waals surface area contributed by atoms with Crippen molar-refractivity contribution in [2.24, 2.45) is 0 Å². The van der Waals surface area contributed by atoms with Gasteiger partial charge < -0.3 is 5.32 Å². The zero-order valence-corrected chi connectivity index (χ0v) is 12.1. The molecule has 0 aromatic heterocycles. The Hall–Kier alpha value is -1.45. The van der Waals surface area contributed by atoms with Crippen LogP contribution in [0.5, 0.6) is 0 Å². The molecule has 20 heavy (non-hydrogen) atoms. The number of halogens is 3. The summed E-state index contributed by atoms with van der Waals surface area (Å²) in [5.74, 6) is -0.618. The quantitative estimate of drug-likeness (QED) is 0.880. The second-order valence-electron chi connectivity index (χ2n) is 4.76. The summed E-state index contributed by atoms with van der Waals surface area (Å²) in [5, 5.41) is 3.39. The van der Waals surface area contributed by atoms with Crippen LogP contribution < -0.4 is 5.32 Å². The van der Waals surface area contributed by atoms with Gasteiger partial charge in [0.15, 0.2) is 0 Å². The van der Waals surface area contributed by atoms with Gasteiger partial charge in [-0.05, 0) is 43.7 Å². The fourth-order valence-corrected chi connectivity index (χ4v) is 2.37. The van der Waals surface area contributed by atoms with Crippen LogP contribution in [0.4, 0.5) is 8.78 Å². The molecule has 0 saturated heterocycles. The van der Waals surface area contributed by atoms with Crippen molar-refractivity contribution < 1.29 is 8.78 Å². The summed E-state index contributed by atoms with van der Waals surface area (Å²) >= 11 is 5.73. The lowest BCUT2D eigenvalue weighted by molar-refractivity contribution is 0.516. The molecule has 0 bridgehead atoms. The molecule has 0 heterocycles. The first-order chi connectivity index (χ1) is 9.52. The Morgan fingerprint density at radius 2 is 1.95 bits per heavy atom. The van der Waals surface area contributed by atoms with E-state index in [1.165, 1.54) is 6.07 Å². The number of rotatable bonds is 4. The van der Waals surface area contributed by atoms with E-state index in [4.69, 9.17) is 11.6 Å². The van der Waals surface area contributed by atoms with Gasteiger partial charge >= 0.3 is 0 Å². The Morgan fingerprint density at radius 3 is 2.60 bits per heavy atom. The molecule has 0 aliphatic heterocycles. The van der Waals surface area contributed by atoms with Gasteiger partial charge in [-0.25, -0.2) is 8.78 Å². The second kappa shape index (κ2) is 6.33. The zero-order chi connectivity index (χ0) is 14.7. The summed E-state index contributed by atoms with van der Waals surface area (Å²) in [7, 11) is 1.74. The lowest BCUT2D eigenvalue weighted by atomic mass is 9.97. The van der Waals surface area contributed by atoms with Gasteiger partial charge in [-0.1, -0.05) is 35.9 Å². The van der Waals surface area contributed by atoms with Gasteiger partial charge in [-0.2, -0.15) is 0 Å². The van der Waals surface area contributed by atoms with Crippen molar-refractivity contribution in [3.63, 3.8) is 0 Å².